The van der Waals surface area contributed by atoms with Crippen LogP contribution in [0.4, 0.5) is 10.5 Å². The van der Waals surface area contributed by atoms with Gasteiger partial charge in [-0.2, -0.15) is 0 Å². The fourth-order valence-corrected chi connectivity index (χ4v) is 3.17. The number of ether oxygens (including phenoxy) is 1. The maximum Gasteiger partial charge on any atom is 0.322 e. The molecule has 2 N–H and O–H groups in total. The first-order valence-corrected chi connectivity index (χ1v) is 7.98. The van der Waals surface area contributed by atoms with Crippen LogP contribution in [-0.4, -0.2) is 34.6 Å². The number of aromatic nitrogens is 2. The summed E-state index contributed by atoms with van der Waals surface area (Å²) in [7, 11) is 1.53. The highest BCUT2D eigenvalue weighted by atomic mass is 35.5. The van der Waals surface area contributed by atoms with E-state index in [1.54, 1.807) is 30.6 Å². The summed E-state index contributed by atoms with van der Waals surface area (Å²) < 4.78 is 5.28. The Bertz CT molecular complexity index is 675. The summed E-state index contributed by atoms with van der Waals surface area (Å²) in [5.41, 5.74) is 0.564. The maximum atomic E-state index is 12.7. The lowest BCUT2D eigenvalue weighted by Gasteiger charge is -2.34. The van der Waals surface area contributed by atoms with Gasteiger partial charge >= 0.3 is 6.03 Å². The third-order valence-electron chi connectivity index (χ3n) is 4.01. The zero-order valence-corrected chi connectivity index (χ0v) is 13.6. The molecule has 0 saturated carbocycles. The largest absolute Gasteiger partial charge is 0.493 e. The van der Waals surface area contributed by atoms with E-state index in [1.807, 2.05) is 4.90 Å². The summed E-state index contributed by atoms with van der Waals surface area (Å²) in [5, 5.41) is 3.36. The highest BCUT2D eigenvalue weighted by molar-refractivity contribution is 6.32. The van der Waals surface area contributed by atoms with Crippen LogP contribution in [0.1, 0.15) is 31.1 Å². The predicted octanol–water partition coefficient (Wildman–Crippen LogP) is 3.83. The van der Waals surface area contributed by atoms with Crippen LogP contribution in [0.15, 0.2) is 30.6 Å². The molecule has 1 aliphatic heterocycles. The predicted molar refractivity (Wildman–Crippen MR) is 88.9 cm³/mol. The minimum absolute atomic E-state index is 0.0380. The van der Waals surface area contributed by atoms with Crippen molar-refractivity contribution in [2.24, 2.45) is 0 Å². The normalized spacial score (nSPS) is 17.8. The third kappa shape index (κ3) is 3.27. The Morgan fingerprint density at radius 2 is 2.35 bits per heavy atom. The van der Waals surface area contributed by atoms with Crippen LogP contribution >= 0.6 is 11.6 Å². The first-order chi connectivity index (χ1) is 11.2. The zero-order valence-electron chi connectivity index (χ0n) is 12.9. The molecule has 2 heterocycles. The Kier molecular flexibility index (Phi) is 4.71. The second kappa shape index (κ2) is 6.91. The van der Waals surface area contributed by atoms with Crippen molar-refractivity contribution < 1.29 is 9.53 Å². The highest BCUT2D eigenvalue weighted by Gasteiger charge is 2.30. The Hall–Kier alpha value is -2.21. The second-order valence-electron chi connectivity index (χ2n) is 5.43. The number of halogens is 1. The van der Waals surface area contributed by atoms with Gasteiger partial charge in [0.15, 0.2) is 5.75 Å². The number of methoxy groups -OCH3 is 1. The number of carbonyl (C=O) groups is 1. The van der Waals surface area contributed by atoms with Crippen molar-refractivity contribution >= 4 is 23.3 Å². The van der Waals surface area contributed by atoms with Crippen LogP contribution in [0.2, 0.25) is 5.02 Å². The van der Waals surface area contributed by atoms with Crippen LogP contribution in [0.3, 0.4) is 0 Å². The first kappa shape index (κ1) is 15.7. The Balaban J connectivity index is 1.80. The van der Waals surface area contributed by atoms with Crippen LogP contribution in [-0.2, 0) is 0 Å². The van der Waals surface area contributed by atoms with E-state index < -0.39 is 0 Å². The molecule has 7 heteroatoms. The molecule has 1 aliphatic rings. The first-order valence-electron chi connectivity index (χ1n) is 7.60. The smallest absolute Gasteiger partial charge is 0.322 e. The van der Waals surface area contributed by atoms with E-state index in [0.29, 0.717) is 23.0 Å². The Labute approximate surface area is 139 Å². The number of benzene rings is 1. The number of hydrogen-bond acceptors (Lipinski definition) is 3. The molecule has 0 radical (unpaired) electrons. The van der Waals surface area contributed by atoms with Crippen molar-refractivity contribution in [3.05, 3.63) is 41.4 Å². The van der Waals surface area contributed by atoms with Gasteiger partial charge < -0.3 is 19.9 Å². The lowest BCUT2D eigenvalue weighted by atomic mass is 10.0. The average molecular weight is 335 g/mol. The molecule has 23 heavy (non-hydrogen) atoms. The number of aromatic amines is 1. The third-order valence-corrected chi connectivity index (χ3v) is 4.31. The number of hydrogen-bond donors (Lipinski definition) is 2. The molecule has 1 saturated heterocycles. The number of amides is 2. The minimum atomic E-state index is -0.174. The Morgan fingerprint density at radius 1 is 1.48 bits per heavy atom. The molecular formula is C16H19ClN4O2. The number of piperidine rings is 1. The average Bonchev–Trinajstić information content (AvgIpc) is 3.09. The van der Waals surface area contributed by atoms with Crippen molar-refractivity contribution in [3.63, 3.8) is 0 Å². The van der Waals surface area contributed by atoms with Crippen molar-refractivity contribution in [1.29, 1.82) is 0 Å². The van der Waals surface area contributed by atoms with Gasteiger partial charge in [-0.3, -0.25) is 0 Å². The minimum Gasteiger partial charge on any atom is -0.493 e. The number of nitrogens with one attached hydrogen (secondary N) is 2. The number of carbonyl (C=O) groups excluding carboxylic acids is 1. The Morgan fingerprint density at radius 3 is 3.09 bits per heavy atom. The zero-order chi connectivity index (χ0) is 16.2. The van der Waals surface area contributed by atoms with Crippen LogP contribution in [0.5, 0.6) is 5.75 Å². The maximum absolute atomic E-state index is 12.7. The summed E-state index contributed by atoms with van der Waals surface area (Å²) in [4.78, 5) is 21.9. The number of para-hydroxylation sites is 1. The molecule has 1 fully saturated rings. The topological polar surface area (TPSA) is 70.2 Å². The van der Waals surface area contributed by atoms with Gasteiger partial charge in [-0.15, -0.1) is 0 Å². The standard InChI is InChI=1S/C16H19ClN4O2/c1-23-14-11(17)5-4-6-12(14)20-16(22)21-10-3-2-7-13(21)15-18-8-9-19-15/h4-6,8-9,13H,2-3,7,10H2,1H3,(H,18,19)(H,20,22)/t13-/m0/s1. The summed E-state index contributed by atoms with van der Waals surface area (Å²) in [6.45, 7) is 0.695. The quantitative estimate of drug-likeness (QED) is 0.896. The van der Waals surface area contributed by atoms with Crippen molar-refractivity contribution in [2.45, 2.75) is 25.3 Å². The van der Waals surface area contributed by atoms with E-state index in [4.69, 9.17) is 16.3 Å². The monoisotopic (exact) mass is 334 g/mol. The summed E-state index contributed by atoms with van der Waals surface area (Å²) in [6.07, 6.45) is 6.45. The molecule has 6 nitrogen and oxygen atoms in total. The van der Waals surface area contributed by atoms with Gasteiger partial charge in [-0.1, -0.05) is 17.7 Å². The molecule has 3 rings (SSSR count). The lowest BCUT2D eigenvalue weighted by Crippen LogP contribution is -2.41. The van der Waals surface area contributed by atoms with Crippen LogP contribution in [0, 0.1) is 0 Å². The van der Waals surface area contributed by atoms with E-state index in [-0.39, 0.29) is 12.1 Å². The molecule has 0 spiro atoms. The summed E-state index contributed by atoms with van der Waals surface area (Å²) >= 11 is 6.10. The molecule has 1 atom stereocenters. The molecule has 0 unspecified atom stereocenters. The number of likely N-dealkylation sites (tertiary alicyclic amines) is 1. The molecule has 1 aromatic heterocycles. The number of rotatable bonds is 3. The van der Waals surface area contributed by atoms with Gasteiger partial charge in [0.25, 0.3) is 0 Å². The van der Waals surface area contributed by atoms with E-state index >= 15 is 0 Å². The van der Waals surface area contributed by atoms with Gasteiger partial charge in [0, 0.05) is 18.9 Å². The van der Waals surface area contributed by atoms with Crippen molar-refractivity contribution in [1.82, 2.24) is 14.9 Å². The summed E-state index contributed by atoms with van der Waals surface area (Å²) in [6, 6.07) is 5.06. The van der Waals surface area contributed by atoms with Gasteiger partial charge in [-0.05, 0) is 31.4 Å². The SMILES string of the molecule is COc1c(Cl)cccc1NC(=O)N1CCCC[C@H]1c1ncc[nH]1. The van der Waals surface area contributed by atoms with Crippen LogP contribution in [0.25, 0.3) is 0 Å². The lowest BCUT2D eigenvalue weighted by molar-refractivity contribution is 0.160. The van der Waals surface area contributed by atoms with Crippen molar-refractivity contribution in [3.8, 4) is 5.75 Å². The number of H-pyrrole nitrogens is 1. The van der Waals surface area contributed by atoms with E-state index in [2.05, 4.69) is 15.3 Å². The van der Waals surface area contributed by atoms with Crippen LogP contribution < -0.4 is 10.1 Å². The number of imidazole rings is 1. The number of urea groups is 1. The van der Waals surface area contributed by atoms with Gasteiger partial charge in [0.2, 0.25) is 0 Å². The van der Waals surface area contributed by atoms with Gasteiger partial charge in [0.05, 0.1) is 23.9 Å². The van der Waals surface area contributed by atoms with Gasteiger partial charge in [-0.25, -0.2) is 9.78 Å². The molecule has 0 aliphatic carbocycles. The van der Waals surface area contributed by atoms with E-state index in [9.17, 15) is 4.79 Å². The number of anilines is 1. The molecule has 1 aromatic carbocycles. The molecule has 2 amide bonds. The van der Waals surface area contributed by atoms with E-state index in [0.717, 1.165) is 25.1 Å². The molecule has 2 aromatic rings. The van der Waals surface area contributed by atoms with Crippen molar-refractivity contribution in [2.75, 3.05) is 19.0 Å². The van der Waals surface area contributed by atoms with E-state index in [1.165, 1.54) is 7.11 Å². The molecule has 122 valence electrons. The fourth-order valence-electron chi connectivity index (χ4n) is 2.92. The fraction of sp³-hybridized carbons (Fsp3) is 0.375. The van der Waals surface area contributed by atoms with Gasteiger partial charge in [0.1, 0.15) is 5.82 Å². The summed E-state index contributed by atoms with van der Waals surface area (Å²) in [5.74, 6) is 1.28. The highest BCUT2D eigenvalue weighted by Crippen LogP contribution is 2.34. The number of nitrogens with zero attached hydrogens (tertiary/aromatic N) is 2. The molecule has 0 bridgehead atoms. The second-order valence-corrected chi connectivity index (χ2v) is 5.84. The molecular weight excluding hydrogens is 316 g/mol.